The van der Waals surface area contributed by atoms with Crippen LogP contribution >= 0.6 is 55.1 Å². The Kier molecular flexibility index (Phi) is 14.7. The lowest BCUT2D eigenvalue weighted by Gasteiger charge is -2.29. The summed E-state index contributed by atoms with van der Waals surface area (Å²) in [6.45, 7) is 4.07. The molecule has 168 valence electrons. The predicted molar refractivity (Wildman–Crippen MR) is 128 cm³/mol. The number of nitrogens with two attached hydrogens (primary N) is 1. The van der Waals surface area contributed by atoms with Crippen molar-refractivity contribution in [3.05, 3.63) is 57.0 Å². The molecule has 0 spiro atoms. The second-order valence-corrected chi connectivity index (χ2v) is 8.44. The Bertz CT molecular complexity index is 751. The van der Waals surface area contributed by atoms with Crippen LogP contribution in [-0.4, -0.2) is 51.3 Å². The van der Waals surface area contributed by atoms with Crippen LogP contribution in [0.5, 0.6) is 0 Å². The van der Waals surface area contributed by atoms with E-state index in [1.807, 2.05) is 4.90 Å². The molecular formula is C20H24Br2Cl2F2N2O2. The van der Waals surface area contributed by atoms with Crippen LogP contribution in [0.4, 0.5) is 20.2 Å². The number of rotatable bonds is 5. The van der Waals surface area contributed by atoms with Gasteiger partial charge in [-0.25, -0.2) is 8.78 Å². The number of morpholine rings is 1. The summed E-state index contributed by atoms with van der Waals surface area (Å²) in [4.78, 5) is 2.00. The molecule has 1 aliphatic heterocycles. The molecule has 10 heteroatoms. The zero-order valence-corrected chi connectivity index (χ0v) is 20.9. The van der Waals surface area contributed by atoms with Gasteiger partial charge in [0.1, 0.15) is 11.6 Å². The minimum absolute atomic E-state index is 0.171. The number of anilines is 2. The van der Waals surface area contributed by atoms with Crippen LogP contribution in [0.25, 0.3) is 0 Å². The highest BCUT2D eigenvalue weighted by molar-refractivity contribution is 9.10. The summed E-state index contributed by atoms with van der Waals surface area (Å²) < 4.78 is 37.6. The second kappa shape index (κ2) is 16.1. The van der Waals surface area contributed by atoms with Crippen molar-refractivity contribution >= 4 is 66.4 Å². The first-order valence-corrected chi connectivity index (χ1v) is 11.7. The zero-order chi connectivity index (χ0) is 22.4. The molecule has 0 atom stereocenters. The van der Waals surface area contributed by atoms with Gasteiger partial charge in [-0.05, 0) is 36.4 Å². The van der Waals surface area contributed by atoms with E-state index in [-0.39, 0.29) is 17.3 Å². The summed E-state index contributed by atoms with van der Waals surface area (Å²) in [5.74, 6) is 0.557. The molecule has 0 amide bonds. The van der Waals surface area contributed by atoms with Crippen molar-refractivity contribution in [2.45, 2.75) is 0 Å². The minimum Gasteiger partial charge on any atom is -0.396 e. The normalized spacial score (nSPS) is 13.1. The largest absolute Gasteiger partial charge is 0.396 e. The lowest BCUT2D eigenvalue weighted by atomic mass is 10.2. The molecule has 1 aliphatic rings. The van der Waals surface area contributed by atoms with Gasteiger partial charge in [-0.2, -0.15) is 0 Å². The van der Waals surface area contributed by atoms with Gasteiger partial charge in [-0.3, -0.25) is 0 Å². The second-order valence-electron chi connectivity index (χ2n) is 5.85. The van der Waals surface area contributed by atoms with E-state index in [4.69, 9.17) is 38.4 Å². The number of hydrogen-bond donors (Lipinski definition) is 1. The van der Waals surface area contributed by atoms with Gasteiger partial charge >= 0.3 is 0 Å². The molecule has 0 bridgehead atoms. The Morgan fingerprint density at radius 3 is 1.97 bits per heavy atom. The highest BCUT2D eigenvalue weighted by atomic mass is 79.9. The summed E-state index contributed by atoms with van der Waals surface area (Å²) in [6.07, 6.45) is 0. The minimum atomic E-state index is -0.377. The van der Waals surface area contributed by atoms with Gasteiger partial charge in [0.05, 0.1) is 37.8 Å². The third-order valence-electron chi connectivity index (χ3n) is 3.66. The molecule has 4 nitrogen and oxygen atoms in total. The third-order valence-corrected chi connectivity index (χ3v) is 4.96. The van der Waals surface area contributed by atoms with Gasteiger partial charge < -0.3 is 20.1 Å². The molecule has 2 aromatic rings. The number of benzene rings is 2. The van der Waals surface area contributed by atoms with Crippen LogP contribution < -0.4 is 10.6 Å². The molecule has 0 saturated carbocycles. The molecule has 0 radical (unpaired) electrons. The van der Waals surface area contributed by atoms with E-state index in [1.54, 1.807) is 18.2 Å². The average Bonchev–Trinajstić information content (AvgIpc) is 2.75. The maximum absolute atomic E-state index is 13.5. The summed E-state index contributed by atoms with van der Waals surface area (Å²) in [5.41, 5.74) is 6.04. The van der Waals surface area contributed by atoms with Crippen molar-refractivity contribution in [1.29, 1.82) is 0 Å². The molecule has 0 unspecified atom stereocenters. The zero-order valence-electron chi connectivity index (χ0n) is 16.2. The van der Waals surface area contributed by atoms with E-state index in [1.165, 1.54) is 18.2 Å². The standard InChI is InChI=1S/C10H11BrFNO.C6H5BrFN.C4H8Cl2O/c11-8-1-2-9(12)10(7-8)13-3-5-14-6-4-13;7-4-1-2-5(8)6(9)3-4;5-1-3-7-4-2-6/h1-2,7H,3-6H2;1-3H,9H2;1-4H2. The van der Waals surface area contributed by atoms with Crippen LogP contribution in [0.3, 0.4) is 0 Å². The number of halogens is 6. The molecule has 1 saturated heterocycles. The van der Waals surface area contributed by atoms with Gasteiger partial charge in [0.25, 0.3) is 0 Å². The lowest BCUT2D eigenvalue weighted by molar-refractivity contribution is 0.122. The van der Waals surface area contributed by atoms with Crippen LogP contribution in [0, 0.1) is 11.6 Å². The predicted octanol–water partition coefficient (Wildman–Crippen LogP) is 6.08. The van der Waals surface area contributed by atoms with E-state index < -0.39 is 0 Å². The first-order valence-electron chi connectivity index (χ1n) is 9.07. The molecule has 30 heavy (non-hydrogen) atoms. The molecule has 2 aromatic carbocycles. The van der Waals surface area contributed by atoms with Crippen molar-refractivity contribution in [3.63, 3.8) is 0 Å². The Morgan fingerprint density at radius 2 is 1.47 bits per heavy atom. The van der Waals surface area contributed by atoms with Crippen LogP contribution in [0.2, 0.25) is 0 Å². The SMILES string of the molecule is ClCCOCCCl.Fc1ccc(Br)cc1N1CCOCC1.Nc1cc(Br)ccc1F. The van der Waals surface area contributed by atoms with Crippen molar-refractivity contribution in [3.8, 4) is 0 Å². The number of ether oxygens (including phenoxy) is 2. The van der Waals surface area contributed by atoms with Crippen LogP contribution in [-0.2, 0) is 9.47 Å². The number of nitrogen functional groups attached to an aromatic ring is 1. The van der Waals surface area contributed by atoms with E-state index in [0.29, 0.717) is 43.9 Å². The quantitative estimate of drug-likeness (QED) is 0.260. The molecule has 0 aromatic heterocycles. The molecule has 2 N–H and O–H groups in total. The van der Waals surface area contributed by atoms with E-state index in [0.717, 1.165) is 22.0 Å². The number of hydrogen-bond acceptors (Lipinski definition) is 4. The lowest BCUT2D eigenvalue weighted by Crippen LogP contribution is -2.36. The van der Waals surface area contributed by atoms with E-state index in [2.05, 4.69) is 31.9 Å². The van der Waals surface area contributed by atoms with E-state index >= 15 is 0 Å². The fourth-order valence-corrected chi connectivity index (χ4v) is 3.20. The Morgan fingerprint density at radius 1 is 0.933 bits per heavy atom. The molecule has 1 fully saturated rings. The molecule has 0 aliphatic carbocycles. The molecular weight excluding hydrogens is 569 g/mol. The summed E-state index contributed by atoms with van der Waals surface area (Å²) >= 11 is 17.0. The van der Waals surface area contributed by atoms with Crippen LogP contribution in [0.1, 0.15) is 0 Å². The molecule has 1 heterocycles. The number of nitrogens with zero attached hydrogens (tertiary/aromatic N) is 1. The first-order chi connectivity index (χ1) is 14.4. The van der Waals surface area contributed by atoms with E-state index in [9.17, 15) is 8.78 Å². The Balaban J connectivity index is 0.000000244. The third kappa shape index (κ3) is 11.1. The van der Waals surface area contributed by atoms with Gasteiger partial charge in [-0.1, -0.05) is 31.9 Å². The average molecular weight is 593 g/mol. The highest BCUT2D eigenvalue weighted by Gasteiger charge is 2.14. The van der Waals surface area contributed by atoms with Crippen molar-refractivity contribution in [2.24, 2.45) is 0 Å². The first kappa shape index (κ1) is 27.4. The summed E-state index contributed by atoms with van der Waals surface area (Å²) in [5, 5.41) is 0. The highest BCUT2D eigenvalue weighted by Crippen LogP contribution is 2.24. The smallest absolute Gasteiger partial charge is 0.146 e. The van der Waals surface area contributed by atoms with Gasteiger partial charge in [0, 0.05) is 33.8 Å². The summed E-state index contributed by atoms with van der Waals surface area (Å²) in [6, 6.07) is 9.44. The van der Waals surface area contributed by atoms with Crippen molar-refractivity contribution in [2.75, 3.05) is 61.9 Å². The Labute approximate surface area is 202 Å². The molecule has 3 rings (SSSR count). The number of alkyl halides is 2. The van der Waals surface area contributed by atoms with Crippen molar-refractivity contribution < 1.29 is 18.3 Å². The maximum atomic E-state index is 13.5. The fraction of sp³-hybridized carbons (Fsp3) is 0.400. The summed E-state index contributed by atoms with van der Waals surface area (Å²) in [7, 11) is 0. The topological polar surface area (TPSA) is 47.7 Å². The van der Waals surface area contributed by atoms with Gasteiger partial charge in [-0.15, -0.1) is 23.2 Å². The van der Waals surface area contributed by atoms with Gasteiger partial charge in [0.15, 0.2) is 0 Å². The monoisotopic (exact) mass is 590 g/mol. The fourth-order valence-electron chi connectivity index (χ4n) is 2.26. The van der Waals surface area contributed by atoms with Crippen molar-refractivity contribution in [1.82, 2.24) is 0 Å². The van der Waals surface area contributed by atoms with Gasteiger partial charge in [0.2, 0.25) is 0 Å². The Hall–Kier alpha value is -0.640. The van der Waals surface area contributed by atoms with Crippen LogP contribution in [0.15, 0.2) is 45.3 Å². The maximum Gasteiger partial charge on any atom is 0.146 e.